The van der Waals surface area contributed by atoms with Crippen LogP contribution in [0.2, 0.25) is 0 Å². The van der Waals surface area contributed by atoms with Crippen LogP contribution in [0, 0.1) is 11.8 Å². The Morgan fingerprint density at radius 2 is 2.00 bits per heavy atom. The first-order valence-electron chi connectivity index (χ1n) is 5.96. The summed E-state index contributed by atoms with van der Waals surface area (Å²) in [5.74, 6) is 0.634. The predicted octanol–water partition coefficient (Wildman–Crippen LogP) is 1.96. The highest BCUT2D eigenvalue weighted by Crippen LogP contribution is 2.24. The standard InChI is InChI=1S/C12H23NO2/c1-9(12(14)15-3)10(2)13-8-11-6-4-5-7-11/h9-11,13H,4-8H2,1-3H3. The molecule has 2 unspecified atom stereocenters. The van der Waals surface area contributed by atoms with Gasteiger partial charge in [0.1, 0.15) is 0 Å². The van der Waals surface area contributed by atoms with E-state index in [1.807, 2.05) is 6.92 Å². The molecule has 0 spiro atoms. The Hall–Kier alpha value is -0.570. The van der Waals surface area contributed by atoms with Gasteiger partial charge in [0.25, 0.3) is 0 Å². The van der Waals surface area contributed by atoms with Gasteiger partial charge in [-0.3, -0.25) is 4.79 Å². The van der Waals surface area contributed by atoms with Gasteiger partial charge >= 0.3 is 5.97 Å². The van der Waals surface area contributed by atoms with E-state index in [9.17, 15) is 4.79 Å². The lowest BCUT2D eigenvalue weighted by Gasteiger charge is -2.21. The summed E-state index contributed by atoms with van der Waals surface area (Å²) in [7, 11) is 1.45. The van der Waals surface area contributed by atoms with E-state index in [2.05, 4.69) is 12.2 Å². The first-order chi connectivity index (χ1) is 7.15. The lowest BCUT2D eigenvalue weighted by atomic mass is 10.0. The van der Waals surface area contributed by atoms with Crippen molar-refractivity contribution in [3.63, 3.8) is 0 Å². The van der Waals surface area contributed by atoms with Gasteiger partial charge in [-0.15, -0.1) is 0 Å². The Balaban J connectivity index is 2.22. The zero-order chi connectivity index (χ0) is 11.3. The number of hydrogen-bond acceptors (Lipinski definition) is 3. The molecule has 0 bridgehead atoms. The molecule has 0 radical (unpaired) electrons. The van der Waals surface area contributed by atoms with E-state index in [0.717, 1.165) is 12.5 Å². The number of methoxy groups -OCH3 is 1. The maximum Gasteiger partial charge on any atom is 0.309 e. The molecule has 15 heavy (non-hydrogen) atoms. The zero-order valence-electron chi connectivity index (χ0n) is 10.1. The van der Waals surface area contributed by atoms with Crippen LogP contribution >= 0.6 is 0 Å². The highest BCUT2D eigenvalue weighted by Gasteiger charge is 2.22. The van der Waals surface area contributed by atoms with Crippen LogP contribution in [0.1, 0.15) is 39.5 Å². The molecule has 1 aliphatic carbocycles. The molecule has 0 aromatic carbocycles. The second kappa shape index (κ2) is 6.11. The van der Waals surface area contributed by atoms with Gasteiger partial charge in [0.15, 0.2) is 0 Å². The van der Waals surface area contributed by atoms with Crippen LogP contribution in [0.4, 0.5) is 0 Å². The summed E-state index contributed by atoms with van der Waals surface area (Å²) in [4.78, 5) is 11.3. The molecule has 0 saturated heterocycles. The fraction of sp³-hybridized carbons (Fsp3) is 0.917. The summed E-state index contributed by atoms with van der Waals surface area (Å²) >= 11 is 0. The minimum Gasteiger partial charge on any atom is -0.469 e. The van der Waals surface area contributed by atoms with Gasteiger partial charge in [-0.1, -0.05) is 19.8 Å². The fourth-order valence-corrected chi connectivity index (χ4v) is 2.13. The third kappa shape index (κ3) is 3.82. The first kappa shape index (κ1) is 12.5. The molecule has 3 nitrogen and oxygen atoms in total. The predicted molar refractivity (Wildman–Crippen MR) is 60.6 cm³/mol. The second-order valence-electron chi connectivity index (χ2n) is 4.66. The van der Waals surface area contributed by atoms with Gasteiger partial charge in [0, 0.05) is 6.04 Å². The summed E-state index contributed by atoms with van der Waals surface area (Å²) in [5, 5.41) is 3.44. The lowest BCUT2D eigenvalue weighted by molar-refractivity contribution is -0.145. The van der Waals surface area contributed by atoms with Gasteiger partial charge < -0.3 is 10.1 Å². The molecule has 0 amide bonds. The lowest BCUT2D eigenvalue weighted by Crippen LogP contribution is -2.38. The van der Waals surface area contributed by atoms with E-state index in [0.29, 0.717) is 0 Å². The molecule has 0 heterocycles. The van der Waals surface area contributed by atoms with Crippen molar-refractivity contribution in [2.24, 2.45) is 11.8 Å². The van der Waals surface area contributed by atoms with Crippen LogP contribution in [-0.4, -0.2) is 25.7 Å². The molecule has 1 rings (SSSR count). The monoisotopic (exact) mass is 213 g/mol. The van der Waals surface area contributed by atoms with Crippen molar-refractivity contribution < 1.29 is 9.53 Å². The number of carbonyl (C=O) groups excluding carboxylic acids is 1. The molecule has 88 valence electrons. The highest BCUT2D eigenvalue weighted by atomic mass is 16.5. The normalized spacial score (nSPS) is 21.3. The number of ether oxygens (including phenoxy) is 1. The Bertz CT molecular complexity index is 200. The Morgan fingerprint density at radius 1 is 1.40 bits per heavy atom. The summed E-state index contributed by atoms with van der Waals surface area (Å²) in [6, 6.07) is 0.207. The van der Waals surface area contributed by atoms with Gasteiger partial charge in [0.05, 0.1) is 13.0 Å². The highest BCUT2D eigenvalue weighted by molar-refractivity contribution is 5.72. The quantitative estimate of drug-likeness (QED) is 0.709. The van der Waals surface area contributed by atoms with E-state index in [4.69, 9.17) is 4.74 Å². The summed E-state index contributed by atoms with van der Waals surface area (Å²) in [5.41, 5.74) is 0. The molecular formula is C12H23NO2. The maximum atomic E-state index is 11.3. The molecule has 2 atom stereocenters. The van der Waals surface area contributed by atoms with Crippen LogP contribution in [-0.2, 0) is 9.53 Å². The average Bonchev–Trinajstić information content (AvgIpc) is 2.76. The number of carbonyl (C=O) groups is 1. The van der Waals surface area contributed by atoms with Crippen LogP contribution in [0.15, 0.2) is 0 Å². The summed E-state index contributed by atoms with van der Waals surface area (Å²) < 4.78 is 4.73. The van der Waals surface area contributed by atoms with Crippen molar-refractivity contribution in [3.05, 3.63) is 0 Å². The third-order valence-corrected chi connectivity index (χ3v) is 3.53. The van der Waals surface area contributed by atoms with Crippen molar-refractivity contribution in [3.8, 4) is 0 Å². The van der Waals surface area contributed by atoms with E-state index in [1.54, 1.807) is 0 Å². The second-order valence-corrected chi connectivity index (χ2v) is 4.66. The smallest absolute Gasteiger partial charge is 0.309 e. The zero-order valence-corrected chi connectivity index (χ0v) is 10.1. The van der Waals surface area contributed by atoms with Crippen LogP contribution in [0.5, 0.6) is 0 Å². The molecule has 3 heteroatoms. The van der Waals surface area contributed by atoms with Crippen molar-refractivity contribution in [1.82, 2.24) is 5.32 Å². The molecule has 0 aromatic rings. The van der Waals surface area contributed by atoms with Crippen molar-refractivity contribution in [1.29, 1.82) is 0 Å². The van der Waals surface area contributed by atoms with E-state index in [1.165, 1.54) is 32.8 Å². The van der Waals surface area contributed by atoms with E-state index >= 15 is 0 Å². The van der Waals surface area contributed by atoms with Gasteiger partial charge in [0.2, 0.25) is 0 Å². The molecule has 0 aromatic heterocycles. The minimum atomic E-state index is -0.124. The number of nitrogens with one attached hydrogen (secondary N) is 1. The third-order valence-electron chi connectivity index (χ3n) is 3.53. The summed E-state index contributed by atoms with van der Waals surface area (Å²) in [6.07, 6.45) is 5.42. The van der Waals surface area contributed by atoms with Crippen molar-refractivity contribution in [2.75, 3.05) is 13.7 Å². The maximum absolute atomic E-state index is 11.3. The number of hydrogen-bond donors (Lipinski definition) is 1. The first-order valence-corrected chi connectivity index (χ1v) is 5.96. The van der Waals surface area contributed by atoms with Crippen LogP contribution in [0.25, 0.3) is 0 Å². The fourth-order valence-electron chi connectivity index (χ4n) is 2.13. The largest absolute Gasteiger partial charge is 0.469 e. The summed E-state index contributed by atoms with van der Waals surface area (Å²) in [6.45, 7) is 5.01. The molecule has 1 aliphatic rings. The number of rotatable bonds is 5. The molecule has 0 aliphatic heterocycles. The van der Waals surface area contributed by atoms with E-state index < -0.39 is 0 Å². The van der Waals surface area contributed by atoms with Crippen molar-refractivity contribution >= 4 is 5.97 Å². The van der Waals surface area contributed by atoms with Crippen molar-refractivity contribution in [2.45, 2.75) is 45.6 Å². The molecule has 1 N–H and O–H groups in total. The van der Waals surface area contributed by atoms with Crippen LogP contribution in [0.3, 0.4) is 0 Å². The molecule has 1 fully saturated rings. The van der Waals surface area contributed by atoms with Gasteiger partial charge in [-0.25, -0.2) is 0 Å². The average molecular weight is 213 g/mol. The Labute approximate surface area is 92.6 Å². The molecule has 1 saturated carbocycles. The Kier molecular flexibility index (Phi) is 5.09. The molecular weight excluding hydrogens is 190 g/mol. The SMILES string of the molecule is COC(=O)C(C)C(C)NCC1CCCC1. The van der Waals surface area contributed by atoms with Gasteiger partial charge in [-0.2, -0.15) is 0 Å². The minimum absolute atomic E-state index is 0.0589. The number of esters is 1. The topological polar surface area (TPSA) is 38.3 Å². The Morgan fingerprint density at radius 3 is 2.53 bits per heavy atom. The van der Waals surface area contributed by atoms with E-state index in [-0.39, 0.29) is 17.9 Å². The van der Waals surface area contributed by atoms with Crippen LogP contribution < -0.4 is 5.32 Å². The van der Waals surface area contributed by atoms with Gasteiger partial charge in [-0.05, 0) is 32.2 Å².